The SMILES string of the molecule is CNc1nc(NCCc2ccc(Br)s2)c2ccccc2n1. The van der Waals surface area contributed by atoms with Crippen LogP contribution in [0.2, 0.25) is 0 Å². The number of anilines is 2. The van der Waals surface area contributed by atoms with E-state index in [2.05, 4.69) is 48.7 Å². The van der Waals surface area contributed by atoms with Crippen LogP contribution in [-0.2, 0) is 6.42 Å². The van der Waals surface area contributed by atoms with Gasteiger partial charge < -0.3 is 10.6 Å². The summed E-state index contributed by atoms with van der Waals surface area (Å²) in [5, 5.41) is 7.47. The molecule has 0 atom stereocenters. The molecular formula is C15H15BrN4S. The quantitative estimate of drug-likeness (QED) is 0.715. The largest absolute Gasteiger partial charge is 0.369 e. The van der Waals surface area contributed by atoms with E-state index in [9.17, 15) is 0 Å². The van der Waals surface area contributed by atoms with E-state index in [1.54, 1.807) is 11.3 Å². The second-order valence-corrected chi connectivity index (χ2v) is 7.09. The minimum absolute atomic E-state index is 0.634. The highest BCUT2D eigenvalue weighted by molar-refractivity contribution is 9.11. The molecule has 2 heterocycles. The first kappa shape index (κ1) is 14.3. The summed E-state index contributed by atoms with van der Waals surface area (Å²) < 4.78 is 1.17. The zero-order valence-corrected chi connectivity index (χ0v) is 14.0. The van der Waals surface area contributed by atoms with Crippen molar-refractivity contribution in [2.24, 2.45) is 0 Å². The fraction of sp³-hybridized carbons (Fsp3) is 0.200. The lowest BCUT2D eigenvalue weighted by molar-refractivity contribution is 1.03. The number of thiophene rings is 1. The van der Waals surface area contributed by atoms with E-state index in [4.69, 9.17) is 0 Å². The van der Waals surface area contributed by atoms with Crippen LogP contribution in [0.1, 0.15) is 4.88 Å². The van der Waals surface area contributed by atoms with Gasteiger partial charge in [-0.15, -0.1) is 11.3 Å². The van der Waals surface area contributed by atoms with E-state index in [-0.39, 0.29) is 0 Å². The van der Waals surface area contributed by atoms with E-state index >= 15 is 0 Å². The Hall–Kier alpha value is -1.66. The van der Waals surface area contributed by atoms with Crippen LogP contribution in [0, 0.1) is 0 Å². The average Bonchev–Trinajstić information content (AvgIpc) is 2.92. The lowest BCUT2D eigenvalue weighted by atomic mass is 10.2. The molecule has 2 N–H and O–H groups in total. The molecule has 21 heavy (non-hydrogen) atoms. The Bertz CT molecular complexity index is 756. The minimum Gasteiger partial charge on any atom is -0.369 e. The van der Waals surface area contributed by atoms with Crippen molar-refractivity contribution in [1.29, 1.82) is 0 Å². The van der Waals surface area contributed by atoms with E-state index in [1.807, 2.05) is 31.3 Å². The van der Waals surface area contributed by atoms with Crippen molar-refractivity contribution in [3.8, 4) is 0 Å². The molecule has 3 rings (SSSR count). The van der Waals surface area contributed by atoms with Crippen LogP contribution < -0.4 is 10.6 Å². The van der Waals surface area contributed by atoms with Crippen LogP contribution in [0.3, 0.4) is 0 Å². The van der Waals surface area contributed by atoms with Gasteiger partial charge in [0.05, 0.1) is 9.30 Å². The van der Waals surface area contributed by atoms with E-state index in [0.717, 1.165) is 29.7 Å². The second-order valence-electron chi connectivity index (χ2n) is 4.55. The number of hydrogen-bond acceptors (Lipinski definition) is 5. The van der Waals surface area contributed by atoms with Gasteiger partial charge in [-0.2, -0.15) is 4.98 Å². The summed E-state index contributed by atoms with van der Waals surface area (Å²) in [6, 6.07) is 12.3. The highest BCUT2D eigenvalue weighted by Gasteiger charge is 2.06. The van der Waals surface area contributed by atoms with Gasteiger partial charge in [-0.05, 0) is 46.6 Å². The summed E-state index contributed by atoms with van der Waals surface area (Å²) in [5.74, 6) is 1.51. The molecule has 0 spiro atoms. The average molecular weight is 363 g/mol. The first-order chi connectivity index (χ1) is 10.3. The number of aromatic nitrogens is 2. The van der Waals surface area contributed by atoms with Gasteiger partial charge in [0.2, 0.25) is 5.95 Å². The Morgan fingerprint density at radius 2 is 2.00 bits per heavy atom. The van der Waals surface area contributed by atoms with Crippen LogP contribution >= 0.6 is 27.3 Å². The summed E-state index contributed by atoms with van der Waals surface area (Å²) in [6.07, 6.45) is 0.976. The van der Waals surface area contributed by atoms with Crippen molar-refractivity contribution in [3.63, 3.8) is 0 Å². The molecular weight excluding hydrogens is 348 g/mol. The first-order valence-electron chi connectivity index (χ1n) is 6.69. The Morgan fingerprint density at radius 1 is 1.14 bits per heavy atom. The van der Waals surface area contributed by atoms with Crippen LogP contribution in [0.25, 0.3) is 10.9 Å². The van der Waals surface area contributed by atoms with E-state index in [1.165, 1.54) is 8.66 Å². The molecule has 4 nitrogen and oxygen atoms in total. The lowest BCUT2D eigenvalue weighted by Crippen LogP contribution is -2.08. The maximum Gasteiger partial charge on any atom is 0.224 e. The van der Waals surface area contributed by atoms with Crippen molar-refractivity contribution in [2.75, 3.05) is 24.2 Å². The van der Waals surface area contributed by atoms with Crippen LogP contribution in [0.15, 0.2) is 40.2 Å². The maximum atomic E-state index is 4.52. The monoisotopic (exact) mass is 362 g/mol. The molecule has 6 heteroatoms. The zero-order chi connectivity index (χ0) is 14.7. The third kappa shape index (κ3) is 3.33. The summed E-state index contributed by atoms with van der Waals surface area (Å²) in [6.45, 7) is 0.844. The van der Waals surface area contributed by atoms with Crippen molar-refractivity contribution in [3.05, 3.63) is 45.1 Å². The fourth-order valence-electron chi connectivity index (χ4n) is 2.11. The predicted octanol–water partition coefficient (Wildman–Crippen LogP) is 4.15. The normalized spacial score (nSPS) is 10.8. The molecule has 0 saturated carbocycles. The molecule has 0 fully saturated rings. The molecule has 0 aliphatic heterocycles. The summed E-state index contributed by atoms with van der Waals surface area (Å²) >= 11 is 5.26. The van der Waals surface area contributed by atoms with Crippen LogP contribution in [-0.4, -0.2) is 23.6 Å². The first-order valence-corrected chi connectivity index (χ1v) is 8.30. The standard InChI is InChI=1S/C15H15BrN4S/c1-17-15-19-12-5-3-2-4-11(12)14(20-15)18-9-8-10-6-7-13(16)21-10/h2-7H,8-9H2,1H3,(H2,17,18,19,20). The second kappa shape index (κ2) is 6.41. The Morgan fingerprint density at radius 3 is 2.76 bits per heavy atom. The molecule has 0 aliphatic rings. The van der Waals surface area contributed by atoms with Gasteiger partial charge in [0.1, 0.15) is 5.82 Å². The van der Waals surface area contributed by atoms with E-state index < -0.39 is 0 Å². The molecule has 1 aromatic carbocycles. The number of rotatable bonds is 5. The highest BCUT2D eigenvalue weighted by Crippen LogP contribution is 2.24. The summed E-state index contributed by atoms with van der Waals surface area (Å²) in [4.78, 5) is 10.3. The number of nitrogens with one attached hydrogen (secondary N) is 2. The lowest BCUT2D eigenvalue weighted by Gasteiger charge is -2.10. The third-order valence-electron chi connectivity index (χ3n) is 3.12. The minimum atomic E-state index is 0.634. The van der Waals surface area contributed by atoms with Gasteiger partial charge in [-0.3, -0.25) is 0 Å². The topological polar surface area (TPSA) is 49.8 Å². The smallest absolute Gasteiger partial charge is 0.224 e. The van der Waals surface area contributed by atoms with Gasteiger partial charge in [-0.25, -0.2) is 4.98 Å². The Kier molecular flexibility index (Phi) is 4.36. The molecule has 0 radical (unpaired) electrons. The maximum absolute atomic E-state index is 4.52. The molecule has 108 valence electrons. The van der Waals surface area contributed by atoms with Crippen molar-refractivity contribution in [2.45, 2.75) is 6.42 Å². The van der Waals surface area contributed by atoms with Gasteiger partial charge >= 0.3 is 0 Å². The van der Waals surface area contributed by atoms with Crippen LogP contribution in [0.5, 0.6) is 0 Å². The fourth-order valence-corrected chi connectivity index (χ4v) is 3.60. The summed E-state index contributed by atoms with van der Waals surface area (Å²) in [7, 11) is 1.83. The molecule has 0 saturated heterocycles. The van der Waals surface area contributed by atoms with Gasteiger partial charge in [-0.1, -0.05) is 12.1 Å². The zero-order valence-electron chi connectivity index (χ0n) is 11.6. The molecule has 0 aliphatic carbocycles. The number of para-hydroxylation sites is 1. The number of nitrogens with zero attached hydrogens (tertiary/aromatic N) is 2. The number of halogens is 1. The van der Waals surface area contributed by atoms with Gasteiger partial charge in [0.15, 0.2) is 0 Å². The molecule has 0 unspecified atom stereocenters. The molecule has 0 bridgehead atoms. The van der Waals surface area contributed by atoms with Crippen molar-refractivity contribution >= 4 is 49.9 Å². The number of benzene rings is 1. The number of fused-ring (bicyclic) bond motifs is 1. The third-order valence-corrected chi connectivity index (χ3v) is 4.80. The van der Waals surface area contributed by atoms with Crippen molar-refractivity contribution < 1.29 is 0 Å². The Labute approximate surface area is 135 Å². The molecule has 3 aromatic rings. The summed E-state index contributed by atoms with van der Waals surface area (Å²) in [5.41, 5.74) is 0.943. The molecule has 2 aromatic heterocycles. The van der Waals surface area contributed by atoms with Crippen LogP contribution in [0.4, 0.5) is 11.8 Å². The van der Waals surface area contributed by atoms with Gasteiger partial charge in [0, 0.05) is 23.9 Å². The Balaban J connectivity index is 1.79. The predicted molar refractivity (Wildman–Crippen MR) is 93.3 cm³/mol. The van der Waals surface area contributed by atoms with Gasteiger partial charge in [0.25, 0.3) is 0 Å². The van der Waals surface area contributed by atoms with Crippen molar-refractivity contribution in [1.82, 2.24) is 9.97 Å². The number of hydrogen-bond donors (Lipinski definition) is 2. The van der Waals surface area contributed by atoms with E-state index in [0.29, 0.717) is 5.95 Å². The molecule has 0 amide bonds. The highest BCUT2D eigenvalue weighted by atomic mass is 79.9.